The molecule has 1 aliphatic rings. The van der Waals surface area contributed by atoms with Gasteiger partial charge < -0.3 is 10.4 Å². The summed E-state index contributed by atoms with van der Waals surface area (Å²) in [5.74, 6) is 5.01. The molecule has 19 heavy (non-hydrogen) atoms. The maximum atomic E-state index is 11.6. The molecule has 1 aliphatic carbocycles. The molecule has 1 aromatic rings. The molecule has 0 aliphatic heterocycles. The minimum atomic E-state index is -0.734. The molecule has 1 saturated carbocycles. The summed E-state index contributed by atoms with van der Waals surface area (Å²) >= 11 is 0. The number of benzene rings is 1. The first-order valence-corrected chi connectivity index (χ1v) is 6.75. The van der Waals surface area contributed by atoms with Gasteiger partial charge in [-0.25, -0.2) is 0 Å². The van der Waals surface area contributed by atoms with Crippen LogP contribution in [0, 0.1) is 11.8 Å². The van der Waals surface area contributed by atoms with E-state index < -0.39 is 5.60 Å². The van der Waals surface area contributed by atoms with Crippen molar-refractivity contribution in [2.24, 2.45) is 0 Å². The summed E-state index contributed by atoms with van der Waals surface area (Å²) in [4.78, 5) is 11.6. The molecule has 1 aromatic carbocycles. The summed E-state index contributed by atoms with van der Waals surface area (Å²) in [5.41, 5.74) is 0.0801. The van der Waals surface area contributed by atoms with Crippen LogP contribution in [-0.2, 0) is 4.79 Å². The topological polar surface area (TPSA) is 49.3 Å². The summed E-state index contributed by atoms with van der Waals surface area (Å²) in [7, 11) is 0. The first-order chi connectivity index (χ1) is 9.18. The monoisotopic (exact) mass is 257 g/mol. The number of amides is 1. The molecule has 0 heterocycles. The van der Waals surface area contributed by atoms with Gasteiger partial charge in [-0.05, 0) is 25.0 Å². The molecule has 1 fully saturated rings. The molecule has 3 heteroatoms. The molecular formula is C16H19NO2. The van der Waals surface area contributed by atoms with Crippen LogP contribution in [-0.4, -0.2) is 23.2 Å². The summed E-state index contributed by atoms with van der Waals surface area (Å²) in [6.45, 7) is 0.301. The van der Waals surface area contributed by atoms with Crippen LogP contribution in [0.25, 0.3) is 0 Å². The number of nitrogens with one attached hydrogen (secondary N) is 1. The number of carbonyl (C=O) groups excluding carboxylic acids is 1. The van der Waals surface area contributed by atoms with Gasteiger partial charge in [0.05, 0.1) is 5.60 Å². The summed E-state index contributed by atoms with van der Waals surface area (Å²) in [6.07, 6.45) is 4.76. The lowest BCUT2D eigenvalue weighted by Crippen LogP contribution is -2.43. The van der Waals surface area contributed by atoms with Crippen molar-refractivity contribution in [1.82, 2.24) is 5.32 Å². The van der Waals surface area contributed by atoms with Crippen molar-refractivity contribution >= 4 is 5.91 Å². The second-order valence-electron chi connectivity index (χ2n) is 5.08. The number of hydrogen-bond acceptors (Lipinski definition) is 2. The lowest BCUT2D eigenvalue weighted by Gasteiger charge is -2.31. The molecular weight excluding hydrogens is 238 g/mol. The highest BCUT2D eigenvalue weighted by atomic mass is 16.3. The Kier molecular flexibility index (Phi) is 4.59. The molecule has 0 saturated heterocycles. The zero-order valence-corrected chi connectivity index (χ0v) is 11.0. The molecule has 2 rings (SSSR count). The largest absolute Gasteiger partial charge is 0.388 e. The van der Waals surface area contributed by atoms with E-state index in [1.54, 1.807) is 0 Å². The van der Waals surface area contributed by atoms with Crippen LogP contribution >= 0.6 is 0 Å². The third kappa shape index (κ3) is 4.42. The van der Waals surface area contributed by atoms with Crippen molar-refractivity contribution in [3.05, 3.63) is 35.9 Å². The van der Waals surface area contributed by atoms with Gasteiger partial charge in [-0.2, -0.15) is 0 Å². The Morgan fingerprint density at radius 1 is 1.21 bits per heavy atom. The van der Waals surface area contributed by atoms with Gasteiger partial charge >= 0.3 is 0 Å². The Balaban J connectivity index is 1.83. The van der Waals surface area contributed by atoms with Crippen molar-refractivity contribution in [3.8, 4) is 11.8 Å². The highest BCUT2D eigenvalue weighted by molar-refractivity contribution is 5.94. The first-order valence-electron chi connectivity index (χ1n) is 6.75. The minimum Gasteiger partial charge on any atom is -0.388 e. The summed E-state index contributed by atoms with van der Waals surface area (Å²) in [5, 5.41) is 12.9. The molecule has 1 amide bonds. The summed E-state index contributed by atoms with van der Waals surface area (Å²) in [6, 6.07) is 9.38. The molecule has 2 N–H and O–H groups in total. The van der Waals surface area contributed by atoms with Gasteiger partial charge in [0.2, 0.25) is 0 Å². The molecule has 100 valence electrons. The normalized spacial score (nSPS) is 17.1. The molecule has 3 nitrogen and oxygen atoms in total. The first kappa shape index (κ1) is 13.6. The van der Waals surface area contributed by atoms with Crippen molar-refractivity contribution in [2.75, 3.05) is 6.54 Å². The highest BCUT2D eigenvalue weighted by Crippen LogP contribution is 2.27. The smallest absolute Gasteiger partial charge is 0.296 e. The Labute approximate surface area is 114 Å². The van der Waals surface area contributed by atoms with Gasteiger partial charge in [-0.15, -0.1) is 0 Å². The van der Waals surface area contributed by atoms with Crippen molar-refractivity contribution in [1.29, 1.82) is 0 Å². The Morgan fingerprint density at radius 2 is 1.89 bits per heavy atom. The third-order valence-corrected chi connectivity index (χ3v) is 3.46. The van der Waals surface area contributed by atoms with Crippen LogP contribution < -0.4 is 5.32 Å². The van der Waals surface area contributed by atoms with Gasteiger partial charge in [-0.3, -0.25) is 4.79 Å². The van der Waals surface area contributed by atoms with E-state index in [0.29, 0.717) is 6.54 Å². The molecule has 0 radical (unpaired) electrons. The lowest BCUT2D eigenvalue weighted by molar-refractivity contribution is -0.117. The quantitative estimate of drug-likeness (QED) is 0.794. The zero-order chi connectivity index (χ0) is 13.6. The van der Waals surface area contributed by atoms with Crippen LogP contribution in [0.2, 0.25) is 0 Å². The summed E-state index contributed by atoms with van der Waals surface area (Å²) < 4.78 is 0. The maximum Gasteiger partial charge on any atom is 0.296 e. The predicted molar refractivity (Wildman–Crippen MR) is 74.4 cm³/mol. The average Bonchev–Trinajstić information content (AvgIpc) is 2.45. The van der Waals surface area contributed by atoms with Crippen molar-refractivity contribution in [2.45, 2.75) is 37.7 Å². The highest BCUT2D eigenvalue weighted by Gasteiger charge is 2.29. The predicted octanol–water partition coefficient (Wildman–Crippen LogP) is 1.85. The van der Waals surface area contributed by atoms with Gasteiger partial charge in [-0.1, -0.05) is 43.4 Å². The van der Waals surface area contributed by atoms with Crippen LogP contribution in [0.1, 0.15) is 37.7 Å². The second kappa shape index (κ2) is 6.40. The molecule has 0 spiro atoms. The Morgan fingerprint density at radius 3 is 2.58 bits per heavy atom. The van der Waals surface area contributed by atoms with E-state index in [4.69, 9.17) is 0 Å². The Hall–Kier alpha value is -1.79. The van der Waals surface area contributed by atoms with E-state index in [9.17, 15) is 9.90 Å². The van der Waals surface area contributed by atoms with E-state index in [0.717, 1.165) is 31.2 Å². The van der Waals surface area contributed by atoms with Gasteiger partial charge in [0.1, 0.15) is 0 Å². The molecule has 0 aromatic heterocycles. The number of hydrogen-bond donors (Lipinski definition) is 2. The van der Waals surface area contributed by atoms with E-state index in [-0.39, 0.29) is 5.91 Å². The molecule has 0 unspecified atom stereocenters. The standard InChI is InChI=1S/C16H19NO2/c18-15(10-9-14-7-3-1-4-8-14)17-13-16(19)11-5-2-6-12-16/h1,3-4,7-8,19H,2,5-6,11-13H2,(H,17,18). The van der Waals surface area contributed by atoms with Gasteiger partial charge in [0, 0.05) is 18.0 Å². The van der Waals surface area contributed by atoms with Gasteiger partial charge in [0.15, 0.2) is 0 Å². The lowest BCUT2D eigenvalue weighted by atomic mass is 9.85. The van der Waals surface area contributed by atoms with Crippen LogP contribution in [0.3, 0.4) is 0 Å². The fourth-order valence-corrected chi connectivity index (χ4v) is 2.33. The SMILES string of the molecule is O=C(C#Cc1ccccc1)NCC1(O)CCCCC1. The van der Waals surface area contributed by atoms with Crippen LogP contribution in [0.5, 0.6) is 0 Å². The third-order valence-electron chi connectivity index (χ3n) is 3.46. The molecule has 0 bridgehead atoms. The van der Waals surface area contributed by atoms with Crippen LogP contribution in [0.4, 0.5) is 0 Å². The van der Waals surface area contributed by atoms with E-state index in [2.05, 4.69) is 17.2 Å². The maximum absolute atomic E-state index is 11.6. The van der Waals surface area contributed by atoms with Crippen molar-refractivity contribution in [3.63, 3.8) is 0 Å². The van der Waals surface area contributed by atoms with E-state index >= 15 is 0 Å². The van der Waals surface area contributed by atoms with Crippen molar-refractivity contribution < 1.29 is 9.90 Å². The average molecular weight is 257 g/mol. The van der Waals surface area contributed by atoms with Gasteiger partial charge in [0.25, 0.3) is 5.91 Å². The number of rotatable bonds is 2. The second-order valence-corrected chi connectivity index (χ2v) is 5.08. The fraction of sp³-hybridized carbons (Fsp3) is 0.438. The van der Waals surface area contributed by atoms with Crippen LogP contribution in [0.15, 0.2) is 30.3 Å². The van der Waals surface area contributed by atoms with E-state index in [1.807, 2.05) is 30.3 Å². The Bertz CT molecular complexity index is 478. The zero-order valence-electron chi connectivity index (χ0n) is 11.0. The minimum absolute atomic E-state index is 0.301. The number of carbonyl (C=O) groups is 1. The fourth-order valence-electron chi connectivity index (χ4n) is 2.33. The molecule has 0 atom stereocenters. The number of aliphatic hydroxyl groups is 1. The van der Waals surface area contributed by atoms with E-state index in [1.165, 1.54) is 6.42 Å².